The zero-order chi connectivity index (χ0) is 18.3. The number of aromatic nitrogens is 3. The van der Waals surface area contributed by atoms with Gasteiger partial charge in [0.15, 0.2) is 5.65 Å². The van der Waals surface area contributed by atoms with Crippen molar-refractivity contribution in [2.24, 2.45) is 5.41 Å². The maximum Gasteiger partial charge on any atom is 0.211 e. The quantitative estimate of drug-likeness (QED) is 0.567. The molecule has 1 saturated heterocycles. The molecule has 1 aliphatic carbocycles. The van der Waals surface area contributed by atoms with Crippen molar-refractivity contribution in [2.75, 3.05) is 18.0 Å². The number of halogens is 1. The van der Waals surface area contributed by atoms with Crippen molar-refractivity contribution in [1.82, 2.24) is 14.4 Å². The Labute approximate surface area is 169 Å². The molecule has 0 unspecified atom stereocenters. The lowest BCUT2D eigenvalue weighted by Crippen LogP contribution is -2.40. The van der Waals surface area contributed by atoms with E-state index in [1.54, 1.807) is 11.8 Å². The Morgan fingerprint density at radius 2 is 1.74 bits per heavy atom. The van der Waals surface area contributed by atoms with E-state index >= 15 is 0 Å². The molecule has 1 spiro atoms. The van der Waals surface area contributed by atoms with Crippen LogP contribution in [0.25, 0.3) is 5.65 Å². The second-order valence-electron chi connectivity index (χ2n) is 7.77. The highest BCUT2D eigenvalue weighted by molar-refractivity contribution is 7.99. The first-order valence-corrected chi connectivity index (χ1v) is 10.9. The molecule has 2 aromatic heterocycles. The van der Waals surface area contributed by atoms with Gasteiger partial charge in [-0.05, 0) is 43.2 Å². The van der Waals surface area contributed by atoms with E-state index in [9.17, 15) is 0 Å². The molecule has 5 rings (SSSR count). The minimum Gasteiger partial charge on any atom is -0.342 e. The Morgan fingerprint density at radius 1 is 0.963 bits per heavy atom. The number of hydrogen-bond donors (Lipinski definition) is 0. The highest BCUT2D eigenvalue weighted by Crippen LogP contribution is 2.46. The zero-order valence-corrected chi connectivity index (χ0v) is 16.8. The van der Waals surface area contributed by atoms with Crippen LogP contribution >= 0.6 is 23.4 Å². The first-order chi connectivity index (χ1) is 13.2. The van der Waals surface area contributed by atoms with E-state index in [0.717, 1.165) is 39.5 Å². The number of nitrogens with zero attached hydrogens (tertiary/aromatic N) is 4. The molecular formula is C21H23ClN4S. The topological polar surface area (TPSA) is 33.4 Å². The van der Waals surface area contributed by atoms with Crippen molar-refractivity contribution >= 4 is 35.0 Å². The number of fused-ring (bicyclic) bond motifs is 1. The minimum atomic E-state index is 0.615. The van der Waals surface area contributed by atoms with E-state index < -0.39 is 0 Å². The van der Waals surface area contributed by atoms with E-state index in [2.05, 4.69) is 14.3 Å². The lowest BCUT2D eigenvalue weighted by atomic mass is 9.77. The molecule has 1 saturated carbocycles. The normalized spacial score (nSPS) is 19.2. The summed E-state index contributed by atoms with van der Waals surface area (Å²) in [6, 6.07) is 7.91. The number of hydrogen-bond acceptors (Lipinski definition) is 4. The van der Waals surface area contributed by atoms with E-state index in [1.807, 2.05) is 42.9 Å². The van der Waals surface area contributed by atoms with E-state index in [-0.39, 0.29) is 0 Å². The van der Waals surface area contributed by atoms with Crippen LogP contribution in [0.3, 0.4) is 0 Å². The predicted octanol–water partition coefficient (Wildman–Crippen LogP) is 5.69. The number of piperidine rings is 1. The van der Waals surface area contributed by atoms with Gasteiger partial charge in [0.2, 0.25) is 5.95 Å². The fourth-order valence-corrected chi connectivity index (χ4v) is 5.79. The number of benzene rings is 1. The van der Waals surface area contributed by atoms with Gasteiger partial charge in [-0.1, -0.05) is 48.3 Å². The lowest BCUT2D eigenvalue weighted by molar-refractivity contribution is 0.225. The molecule has 0 bridgehead atoms. The van der Waals surface area contributed by atoms with Gasteiger partial charge >= 0.3 is 0 Å². The van der Waals surface area contributed by atoms with Gasteiger partial charge in [0, 0.05) is 36.6 Å². The van der Waals surface area contributed by atoms with Crippen LogP contribution in [0.1, 0.15) is 38.5 Å². The van der Waals surface area contributed by atoms with Crippen LogP contribution in [0.2, 0.25) is 5.02 Å². The average Bonchev–Trinajstić information content (AvgIpc) is 3.35. The summed E-state index contributed by atoms with van der Waals surface area (Å²) in [5, 5.41) is 0.758. The fraction of sp³-hybridized carbons (Fsp3) is 0.429. The second kappa shape index (κ2) is 7.02. The SMILES string of the molecule is Clc1ccccc1Sc1cnc(N2CCC3(CCCC3)CC2)n2ccnc12. The van der Waals surface area contributed by atoms with Gasteiger partial charge in [0.25, 0.3) is 0 Å². The van der Waals surface area contributed by atoms with Crippen molar-refractivity contribution in [3.63, 3.8) is 0 Å². The third kappa shape index (κ3) is 3.21. The summed E-state index contributed by atoms with van der Waals surface area (Å²) in [4.78, 5) is 13.9. The molecule has 1 aliphatic heterocycles. The first kappa shape index (κ1) is 17.4. The minimum absolute atomic E-state index is 0.615. The molecule has 140 valence electrons. The van der Waals surface area contributed by atoms with Crippen LogP contribution < -0.4 is 4.90 Å². The van der Waals surface area contributed by atoms with Gasteiger partial charge < -0.3 is 4.90 Å². The molecule has 1 aromatic carbocycles. The van der Waals surface area contributed by atoms with Crippen molar-refractivity contribution in [1.29, 1.82) is 0 Å². The van der Waals surface area contributed by atoms with Gasteiger partial charge in [0.1, 0.15) is 0 Å². The van der Waals surface area contributed by atoms with Gasteiger partial charge in [0.05, 0.1) is 9.92 Å². The van der Waals surface area contributed by atoms with E-state index in [1.165, 1.54) is 38.5 Å². The van der Waals surface area contributed by atoms with Crippen LogP contribution in [0.15, 0.2) is 52.6 Å². The zero-order valence-electron chi connectivity index (χ0n) is 15.3. The molecule has 4 nitrogen and oxygen atoms in total. The van der Waals surface area contributed by atoms with Crippen molar-refractivity contribution in [3.8, 4) is 0 Å². The molecule has 0 N–H and O–H groups in total. The van der Waals surface area contributed by atoms with Crippen LogP contribution in [0.4, 0.5) is 5.95 Å². The number of rotatable bonds is 3. The number of imidazole rings is 1. The molecule has 2 aliphatic rings. The summed E-state index contributed by atoms with van der Waals surface area (Å²) in [5.74, 6) is 1.01. The molecule has 2 fully saturated rings. The summed E-state index contributed by atoms with van der Waals surface area (Å²) in [6.45, 7) is 2.19. The third-order valence-corrected chi connectivity index (χ3v) is 7.73. The molecule has 6 heteroatoms. The largest absolute Gasteiger partial charge is 0.342 e. The standard InChI is InChI=1S/C21H23ClN4S/c22-16-5-1-2-6-17(16)27-18-15-24-20(26-14-11-23-19(18)26)25-12-9-21(10-13-25)7-3-4-8-21/h1-2,5-6,11,14-15H,3-4,7-10,12-13H2. The summed E-state index contributed by atoms with van der Waals surface area (Å²) >= 11 is 7.96. The summed E-state index contributed by atoms with van der Waals surface area (Å²) in [7, 11) is 0. The van der Waals surface area contributed by atoms with Crippen molar-refractivity contribution in [3.05, 3.63) is 47.9 Å². The van der Waals surface area contributed by atoms with Crippen LogP contribution in [-0.4, -0.2) is 27.5 Å². The van der Waals surface area contributed by atoms with Gasteiger partial charge in [-0.3, -0.25) is 4.40 Å². The Morgan fingerprint density at radius 3 is 2.52 bits per heavy atom. The Kier molecular flexibility index (Phi) is 4.52. The summed E-state index contributed by atoms with van der Waals surface area (Å²) < 4.78 is 2.13. The summed E-state index contributed by atoms with van der Waals surface area (Å²) in [5.41, 5.74) is 1.57. The van der Waals surface area contributed by atoms with Crippen LogP contribution in [0.5, 0.6) is 0 Å². The van der Waals surface area contributed by atoms with E-state index in [0.29, 0.717) is 5.41 Å². The Balaban J connectivity index is 1.42. The van der Waals surface area contributed by atoms with Gasteiger partial charge in [-0.25, -0.2) is 9.97 Å². The highest BCUT2D eigenvalue weighted by atomic mass is 35.5. The predicted molar refractivity (Wildman–Crippen MR) is 111 cm³/mol. The summed E-state index contributed by atoms with van der Waals surface area (Å²) in [6.07, 6.45) is 14.1. The smallest absolute Gasteiger partial charge is 0.211 e. The maximum atomic E-state index is 6.33. The maximum absolute atomic E-state index is 6.33. The molecule has 0 radical (unpaired) electrons. The van der Waals surface area contributed by atoms with Crippen molar-refractivity contribution in [2.45, 2.75) is 48.3 Å². The lowest BCUT2D eigenvalue weighted by Gasteiger charge is -2.39. The molecule has 3 aromatic rings. The third-order valence-electron chi connectivity index (χ3n) is 6.20. The first-order valence-electron chi connectivity index (χ1n) is 9.74. The van der Waals surface area contributed by atoms with E-state index in [4.69, 9.17) is 16.6 Å². The molecule has 0 atom stereocenters. The number of anilines is 1. The second-order valence-corrected chi connectivity index (χ2v) is 9.26. The Hall–Kier alpha value is -1.72. The molecule has 0 amide bonds. The van der Waals surface area contributed by atoms with Crippen molar-refractivity contribution < 1.29 is 0 Å². The monoisotopic (exact) mass is 398 g/mol. The molecule has 3 heterocycles. The highest BCUT2D eigenvalue weighted by Gasteiger charge is 2.37. The molecule has 27 heavy (non-hydrogen) atoms. The van der Waals surface area contributed by atoms with Gasteiger partial charge in [-0.2, -0.15) is 0 Å². The average molecular weight is 399 g/mol. The molecular weight excluding hydrogens is 376 g/mol. The Bertz CT molecular complexity index is 954. The fourth-order valence-electron chi connectivity index (χ4n) is 4.64. The van der Waals surface area contributed by atoms with Crippen LogP contribution in [0, 0.1) is 5.41 Å². The van der Waals surface area contributed by atoms with Gasteiger partial charge in [-0.15, -0.1) is 0 Å². The van der Waals surface area contributed by atoms with Crippen LogP contribution in [-0.2, 0) is 0 Å².